The molecule has 0 bridgehead atoms. The Balaban J connectivity index is 1.71. The number of rotatable bonds is 5. The highest BCUT2D eigenvalue weighted by atomic mass is 35.5. The Bertz CT molecular complexity index is 941. The highest BCUT2D eigenvalue weighted by Crippen LogP contribution is 2.28. The van der Waals surface area contributed by atoms with Gasteiger partial charge in [-0.3, -0.25) is 4.79 Å². The van der Waals surface area contributed by atoms with E-state index in [0.29, 0.717) is 28.1 Å². The lowest BCUT2D eigenvalue weighted by Crippen LogP contribution is -2.25. The maximum atomic E-state index is 12.3. The summed E-state index contributed by atoms with van der Waals surface area (Å²) in [5.74, 6) is 1.14. The Kier molecular flexibility index (Phi) is 5.04. The van der Waals surface area contributed by atoms with Crippen LogP contribution in [-0.4, -0.2) is 35.0 Å². The molecule has 0 saturated carbocycles. The topological polar surface area (TPSA) is 110 Å². The van der Waals surface area contributed by atoms with Crippen LogP contribution in [0, 0.1) is 0 Å². The van der Waals surface area contributed by atoms with Gasteiger partial charge in [-0.15, -0.1) is 0 Å². The molecule has 3 N–H and O–H groups in total. The van der Waals surface area contributed by atoms with Gasteiger partial charge in [-0.25, -0.2) is 0 Å². The molecule has 0 saturated heterocycles. The summed E-state index contributed by atoms with van der Waals surface area (Å²) in [6.45, 7) is 0.0918. The fourth-order valence-electron chi connectivity index (χ4n) is 2.22. The predicted octanol–water partition coefficient (Wildman–Crippen LogP) is 2.36. The first-order valence-corrected chi connectivity index (χ1v) is 8.12. The van der Waals surface area contributed by atoms with E-state index in [-0.39, 0.29) is 18.3 Å². The highest BCUT2D eigenvalue weighted by molar-refractivity contribution is 6.33. The molecule has 0 radical (unpaired) electrons. The first-order chi connectivity index (χ1) is 12.4. The van der Waals surface area contributed by atoms with E-state index in [1.165, 1.54) is 0 Å². The maximum absolute atomic E-state index is 12.3. The Morgan fingerprint density at radius 3 is 2.69 bits per heavy atom. The van der Waals surface area contributed by atoms with Crippen molar-refractivity contribution in [3.63, 3.8) is 0 Å². The van der Waals surface area contributed by atoms with Crippen molar-refractivity contribution < 1.29 is 9.21 Å². The van der Waals surface area contributed by atoms with Crippen molar-refractivity contribution in [2.24, 2.45) is 0 Å². The number of benzene rings is 1. The average molecular weight is 373 g/mol. The zero-order valence-electron chi connectivity index (χ0n) is 14.2. The van der Waals surface area contributed by atoms with Crippen molar-refractivity contribution >= 4 is 29.4 Å². The molecular weight excluding hydrogens is 356 g/mol. The molecule has 3 rings (SSSR count). The van der Waals surface area contributed by atoms with Crippen molar-refractivity contribution in [2.45, 2.75) is 6.54 Å². The van der Waals surface area contributed by atoms with Crippen molar-refractivity contribution in [3.05, 3.63) is 53.0 Å². The lowest BCUT2D eigenvalue weighted by Gasteiger charge is -2.11. The van der Waals surface area contributed by atoms with Crippen LogP contribution in [0.25, 0.3) is 11.3 Å². The summed E-state index contributed by atoms with van der Waals surface area (Å²) in [5, 5.41) is 3.24. The summed E-state index contributed by atoms with van der Waals surface area (Å²) in [7, 11) is 3.58. The zero-order chi connectivity index (χ0) is 18.7. The largest absolute Gasteiger partial charge is 0.451 e. The van der Waals surface area contributed by atoms with Crippen LogP contribution in [0.1, 0.15) is 16.4 Å². The van der Waals surface area contributed by atoms with Crippen molar-refractivity contribution in [1.82, 2.24) is 20.3 Å². The van der Waals surface area contributed by atoms with Gasteiger partial charge in [-0.05, 0) is 24.3 Å². The molecule has 0 atom stereocenters. The second-order valence-electron chi connectivity index (χ2n) is 5.63. The highest BCUT2D eigenvalue weighted by Gasteiger charge is 2.14. The first-order valence-electron chi connectivity index (χ1n) is 7.74. The van der Waals surface area contributed by atoms with Crippen LogP contribution >= 0.6 is 11.6 Å². The minimum absolute atomic E-state index is 0.0898. The van der Waals surface area contributed by atoms with Gasteiger partial charge in [0.2, 0.25) is 11.9 Å². The molecule has 26 heavy (non-hydrogen) atoms. The Labute approximate surface area is 155 Å². The summed E-state index contributed by atoms with van der Waals surface area (Å²) >= 11 is 6.15. The fraction of sp³-hybridized carbons (Fsp3) is 0.176. The standard InChI is InChI=1S/C17H17ClN6O2/c1-24(2)17-22-14(21-16(19)23-17)9-20-15(25)13-8-7-12(26-13)10-5-3-4-6-11(10)18/h3-8H,9H2,1-2H3,(H,20,25)(H2,19,21,22,23). The van der Waals surface area contributed by atoms with E-state index in [1.807, 2.05) is 18.2 Å². The molecule has 0 aliphatic rings. The van der Waals surface area contributed by atoms with Gasteiger partial charge < -0.3 is 20.4 Å². The third-order valence-electron chi connectivity index (χ3n) is 3.46. The number of halogens is 1. The first kappa shape index (κ1) is 17.7. The number of carbonyl (C=O) groups excluding carboxylic acids is 1. The third-order valence-corrected chi connectivity index (χ3v) is 3.79. The van der Waals surface area contributed by atoms with Crippen LogP contribution in [0.2, 0.25) is 5.02 Å². The summed E-state index contributed by atoms with van der Waals surface area (Å²) in [6.07, 6.45) is 0. The number of nitrogens with one attached hydrogen (secondary N) is 1. The third kappa shape index (κ3) is 3.92. The molecule has 2 aromatic heterocycles. The number of furan rings is 1. The molecule has 1 amide bonds. The molecule has 0 fully saturated rings. The molecule has 134 valence electrons. The van der Waals surface area contributed by atoms with Gasteiger partial charge in [0.15, 0.2) is 11.6 Å². The predicted molar refractivity (Wildman–Crippen MR) is 98.9 cm³/mol. The number of nitrogens with zero attached hydrogens (tertiary/aromatic N) is 4. The van der Waals surface area contributed by atoms with Crippen LogP contribution < -0.4 is 16.0 Å². The van der Waals surface area contributed by atoms with Crippen LogP contribution in [0.3, 0.4) is 0 Å². The van der Waals surface area contributed by atoms with Crippen LogP contribution in [0.4, 0.5) is 11.9 Å². The summed E-state index contributed by atoms with van der Waals surface area (Å²) in [5.41, 5.74) is 6.38. The molecule has 0 aliphatic heterocycles. The minimum Gasteiger partial charge on any atom is -0.451 e. The zero-order valence-corrected chi connectivity index (χ0v) is 15.0. The Morgan fingerprint density at radius 2 is 1.96 bits per heavy atom. The minimum atomic E-state index is -0.395. The number of aromatic nitrogens is 3. The molecule has 0 aliphatic carbocycles. The van der Waals surface area contributed by atoms with Gasteiger partial charge in [-0.2, -0.15) is 15.0 Å². The molecule has 8 nitrogen and oxygen atoms in total. The molecule has 9 heteroatoms. The fourth-order valence-corrected chi connectivity index (χ4v) is 2.45. The molecule has 1 aromatic carbocycles. The number of hydrogen-bond donors (Lipinski definition) is 2. The Morgan fingerprint density at radius 1 is 1.19 bits per heavy atom. The van der Waals surface area contributed by atoms with Gasteiger partial charge >= 0.3 is 0 Å². The van der Waals surface area contributed by atoms with Gasteiger partial charge in [0.05, 0.1) is 11.6 Å². The number of nitrogen functional groups attached to an aromatic ring is 1. The van der Waals surface area contributed by atoms with Crippen molar-refractivity contribution in [1.29, 1.82) is 0 Å². The summed E-state index contributed by atoms with van der Waals surface area (Å²) in [4.78, 5) is 26.2. The van der Waals surface area contributed by atoms with Crippen LogP contribution in [-0.2, 0) is 6.54 Å². The number of carbonyl (C=O) groups is 1. The van der Waals surface area contributed by atoms with Gasteiger partial charge in [-0.1, -0.05) is 23.7 Å². The molecule has 0 spiro atoms. The lowest BCUT2D eigenvalue weighted by molar-refractivity contribution is 0.0923. The maximum Gasteiger partial charge on any atom is 0.287 e. The molecule has 3 aromatic rings. The van der Waals surface area contributed by atoms with Crippen LogP contribution in [0.5, 0.6) is 0 Å². The quantitative estimate of drug-likeness (QED) is 0.707. The molecule has 0 unspecified atom stereocenters. The molecular formula is C17H17ClN6O2. The van der Waals surface area contributed by atoms with E-state index in [9.17, 15) is 4.79 Å². The summed E-state index contributed by atoms with van der Waals surface area (Å²) < 4.78 is 5.60. The van der Waals surface area contributed by atoms with E-state index in [1.54, 1.807) is 37.2 Å². The van der Waals surface area contributed by atoms with Crippen LogP contribution in [0.15, 0.2) is 40.8 Å². The lowest BCUT2D eigenvalue weighted by atomic mass is 10.2. The second-order valence-corrected chi connectivity index (χ2v) is 6.04. The van der Waals surface area contributed by atoms with E-state index in [4.69, 9.17) is 21.8 Å². The smallest absolute Gasteiger partial charge is 0.287 e. The van der Waals surface area contributed by atoms with Gasteiger partial charge in [0.1, 0.15) is 5.76 Å². The van der Waals surface area contributed by atoms with E-state index in [2.05, 4.69) is 20.3 Å². The summed E-state index contributed by atoms with van der Waals surface area (Å²) in [6, 6.07) is 10.5. The SMILES string of the molecule is CN(C)c1nc(N)nc(CNC(=O)c2ccc(-c3ccccc3Cl)o2)n1. The van der Waals surface area contributed by atoms with Gasteiger partial charge in [0.25, 0.3) is 5.91 Å². The van der Waals surface area contributed by atoms with E-state index >= 15 is 0 Å². The second kappa shape index (κ2) is 7.40. The number of hydrogen-bond acceptors (Lipinski definition) is 7. The Hall–Kier alpha value is -3.13. The monoisotopic (exact) mass is 372 g/mol. The number of anilines is 2. The molecule has 2 heterocycles. The van der Waals surface area contributed by atoms with Crippen molar-refractivity contribution in [2.75, 3.05) is 24.7 Å². The average Bonchev–Trinajstić information content (AvgIpc) is 3.09. The van der Waals surface area contributed by atoms with Crippen molar-refractivity contribution in [3.8, 4) is 11.3 Å². The normalized spacial score (nSPS) is 10.6. The number of amides is 1. The van der Waals surface area contributed by atoms with E-state index in [0.717, 1.165) is 0 Å². The van der Waals surface area contributed by atoms with E-state index < -0.39 is 5.91 Å². The van der Waals surface area contributed by atoms with Gasteiger partial charge in [0, 0.05) is 19.7 Å². The number of nitrogens with two attached hydrogens (primary N) is 1.